The molecule has 0 spiro atoms. The molecule has 1 aliphatic carbocycles. The second-order valence-corrected chi connectivity index (χ2v) is 6.86. The first-order valence-electron chi connectivity index (χ1n) is 9.53. The van der Waals surface area contributed by atoms with Crippen LogP contribution in [0.3, 0.4) is 0 Å². The molecule has 1 heterocycles. The van der Waals surface area contributed by atoms with Gasteiger partial charge in [-0.25, -0.2) is 0 Å². The van der Waals surface area contributed by atoms with Crippen LogP contribution in [0.4, 0.5) is 5.69 Å². The minimum Gasteiger partial charge on any atom is -0.283 e. The number of anilines is 1. The summed E-state index contributed by atoms with van der Waals surface area (Å²) in [4.78, 5) is 19.7. The van der Waals surface area contributed by atoms with Crippen molar-refractivity contribution in [3.8, 4) is 11.3 Å². The van der Waals surface area contributed by atoms with Crippen LogP contribution in [0.15, 0.2) is 109 Å². The molecule has 138 valence electrons. The van der Waals surface area contributed by atoms with Gasteiger partial charge in [0, 0.05) is 40.3 Å². The summed E-state index contributed by atoms with van der Waals surface area (Å²) in [6.45, 7) is 0. The monoisotopic (exact) mass is 374 g/mol. The van der Waals surface area contributed by atoms with Crippen molar-refractivity contribution in [1.82, 2.24) is 4.98 Å². The van der Waals surface area contributed by atoms with Crippen molar-refractivity contribution in [1.29, 1.82) is 0 Å². The van der Waals surface area contributed by atoms with Crippen LogP contribution in [0.25, 0.3) is 16.8 Å². The van der Waals surface area contributed by atoms with Gasteiger partial charge in [0.1, 0.15) is 0 Å². The van der Waals surface area contributed by atoms with Crippen LogP contribution in [-0.2, 0) is 0 Å². The Morgan fingerprint density at radius 1 is 0.690 bits per heavy atom. The number of nitrogens with zero attached hydrogens (tertiary/aromatic N) is 2. The highest BCUT2D eigenvalue weighted by Gasteiger charge is 2.26. The Morgan fingerprint density at radius 3 is 2.07 bits per heavy atom. The molecular formula is C26H18N2O. The summed E-state index contributed by atoms with van der Waals surface area (Å²) < 4.78 is 0. The van der Waals surface area contributed by atoms with Gasteiger partial charge in [0.25, 0.3) is 5.91 Å². The zero-order valence-electron chi connectivity index (χ0n) is 15.7. The maximum Gasteiger partial charge on any atom is 0.262 e. The van der Waals surface area contributed by atoms with E-state index in [1.165, 1.54) is 0 Å². The number of pyridine rings is 1. The summed E-state index contributed by atoms with van der Waals surface area (Å²) >= 11 is 0. The molecule has 0 N–H and O–H groups in total. The molecule has 3 nitrogen and oxygen atoms in total. The highest BCUT2D eigenvalue weighted by Crippen LogP contribution is 2.43. The van der Waals surface area contributed by atoms with Crippen LogP contribution in [0.5, 0.6) is 0 Å². The number of carbonyl (C=O) groups excluding carboxylic acids is 1. The topological polar surface area (TPSA) is 33.2 Å². The molecule has 0 saturated heterocycles. The Labute approximate surface area is 169 Å². The first-order valence-corrected chi connectivity index (χ1v) is 9.53. The number of rotatable bonds is 3. The van der Waals surface area contributed by atoms with Crippen molar-refractivity contribution in [3.05, 3.63) is 126 Å². The molecule has 3 heteroatoms. The van der Waals surface area contributed by atoms with E-state index in [1.54, 1.807) is 4.90 Å². The third-order valence-corrected chi connectivity index (χ3v) is 5.10. The highest BCUT2D eigenvalue weighted by molar-refractivity contribution is 6.10. The fraction of sp³-hybridized carbons (Fsp3) is 0. The van der Waals surface area contributed by atoms with E-state index in [-0.39, 0.29) is 5.91 Å². The van der Waals surface area contributed by atoms with Gasteiger partial charge in [-0.05, 0) is 35.9 Å². The zero-order chi connectivity index (χ0) is 19.6. The predicted molar refractivity (Wildman–Crippen MR) is 116 cm³/mol. The lowest BCUT2D eigenvalue weighted by molar-refractivity contribution is 0.0998. The molecule has 29 heavy (non-hydrogen) atoms. The highest BCUT2D eigenvalue weighted by atomic mass is 16.2. The Bertz CT molecular complexity index is 1170. The Hall–Kier alpha value is -3.98. The number of para-hydroxylation sites is 1. The number of benzene rings is 3. The van der Waals surface area contributed by atoms with E-state index < -0.39 is 0 Å². The van der Waals surface area contributed by atoms with Crippen molar-refractivity contribution in [2.24, 2.45) is 0 Å². The van der Waals surface area contributed by atoms with Gasteiger partial charge in [-0.15, -0.1) is 0 Å². The largest absolute Gasteiger partial charge is 0.283 e. The second kappa shape index (κ2) is 7.21. The quantitative estimate of drug-likeness (QED) is 0.400. The molecule has 4 aromatic rings. The fourth-order valence-corrected chi connectivity index (χ4v) is 3.73. The van der Waals surface area contributed by atoms with E-state index in [2.05, 4.69) is 23.2 Å². The van der Waals surface area contributed by atoms with Gasteiger partial charge in [-0.1, -0.05) is 66.7 Å². The molecule has 1 aromatic heterocycles. The number of amides is 1. The van der Waals surface area contributed by atoms with Crippen LogP contribution >= 0.6 is 0 Å². The zero-order valence-corrected chi connectivity index (χ0v) is 15.7. The summed E-state index contributed by atoms with van der Waals surface area (Å²) in [5, 5.41) is 0. The molecule has 0 atom stereocenters. The summed E-state index contributed by atoms with van der Waals surface area (Å²) in [5.74, 6) is -0.0703. The van der Waals surface area contributed by atoms with Gasteiger partial charge in [-0.3, -0.25) is 14.7 Å². The van der Waals surface area contributed by atoms with Crippen molar-refractivity contribution < 1.29 is 4.79 Å². The SMILES string of the molecule is O=C(c1ccccc1)N(C=C1c2ccccc2-c2ncccc21)c1ccccc1. The Balaban J connectivity index is 1.70. The van der Waals surface area contributed by atoms with Crippen molar-refractivity contribution in [2.45, 2.75) is 0 Å². The van der Waals surface area contributed by atoms with Gasteiger partial charge >= 0.3 is 0 Å². The molecule has 0 fully saturated rings. The summed E-state index contributed by atoms with van der Waals surface area (Å²) in [5.41, 5.74) is 6.63. The molecule has 1 amide bonds. The Morgan fingerprint density at radius 2 is 1.31 bits per heavy atom. The standard InChI is InChI=1S/C26H18N2O/c29-26(19-10-3-1-4-11-19)28(20-12-5-2-6-13-20)18-24-21-14-7-8-15-22(21)25-23(24)16-9-17-27-25/h1-18H. The van der Waals surface area contributed by atoms with E-state index in [9.17, 15) is 4.79 Å². The minimum absolute atomic E-state index is 0.0703. The van der Waals surface area contributed by atoms with E-state index >= 15 is 0 Å². The normalized spacial score (nSPS) is 13.0. The second-order valence-electron chi connectivity index (χ2n) is 6.86. The van der Waals surface area contributed by atoms with E-state index in [0.717, 1.165) is 33.6 Å². The molecule has 0 unspecified atom stereocenters. The average Bonchev–Trinajstić information content (AvgIpc) is 3.12. The van der Waals surface area contributed by atoms with E-state index in [0.29, 0.717) is 5.56 Å². The van der Waals surface area contributed by atoms with Crippen LogP contribution in [0.2, 0.25) is 0 Å². The number of aromatic nitrogens is 1. The third-order valence-electron chi connectivity index (χ3n) is 5.10. The number of hydrogen-bond donors (Lipinski definition) is 0. The predicted octanol–water partition coefficient (Wildman–Crippen LogP) is 5.80. The van der Waals surface area contributed by atoms with Crippen LogP contribution in [0.1, 0.15) is 21.5 Å². The number of fused-ring (bicyclic) bond motifs is 3. The lowest BCUT2D eigenvalue weighted by Crippen LogP contribution is -2.25. The van der Waals surface area contributed by atoms with E-state index in [1.807, 2.05) is 91.3 Å². The van der Waals surface area contributed by atoms with Crippen molar-refractivity contribution in [2.75, 3.05) is 4.90 Å². The summed E-state index contributed by atoms with van der Waals surface area (Å²) in [6.07, 6.45) is 3.75. The third kappa shape index (κ3) is 3.03. The lowest BCUT2D eigenvalue weighted by Gasteiger charge is -2.20. The van der Waals surface area contributed by atoms with Gasteiger partial charge in [0.15, 0.2) is 0 Å². The molecule has 0 radical (unpaired) electrons. The summed E-state index contributed by atoms with van der Waals surface area (Å²) in [7, 11) is 0. The van der Waals surface area contributed by atoms with Gasteiger partial charge < -0.3 is 0 Å². The van der Waals surface area contributed by atoms with Crippen LogP contribution < -0.4 is 4.90 Å². The first kappa shape index (κ1) is 17.1. The maximum atomic E-state index is 13.4. The molecule has 0 bridgehead atoms. The first-order chi connectivity index (χ1) is 14.3. The van der Waals surface area contributed by atoms with Gasteiger partial charge in [-0.2, -0.15) is 0 Å². The molecule has 0 saturated carbocycles. The minimum atomic E-state index is -0.0703. The molecule has 0 aliphatic heterocycles. The molecule has 5 rings (SSSR count). The van der Waals surface area contributed by atoms with Gasteiger partial charge in [0.05, 0.1) is 5.69 Å². The smallest absolute Gasteiger partial charge is 0.262 e. The summed E-state index contributed by atoms with van der Waals surface area (Å²) in [6, 6.07) is 31.3. The maximum absolute atomic E-state index is 13.4. The van der Waals surface area contributed by atoms with Gasteiger partial charge in [0.2, 0.25) is 0 Å². The van der Waals surface area contributed by atoms with Crippen LogP contribution in [0, 0.1) is 0 Å². The van der Waals surface area contributed by atoms with E-state index in [4.69, 9.17) is 0 Å². The average molecular weight is 374 g/mol. The molecule has 1 aliphatic rings. The van der Waals surface area contributed by atoms with Crippen molar-refractivity contribution >= 4 is 17.2 Å². The Kier molecular flexibility index (Phi) is 4.26. The molecular weight excluding hydrogens is 356 g/mol. The number of carbonyl (C=O) groups is 1. The van der Waals surface area contributed by atoms with Crippen molar-refractivity contribution in [3.63, 3.8) is 0 Å². The lowest BCUT2D eigenvalue weighted by atomic mass is 10.0. The molecule has 3 aromatic carbocycles. The van der Waals surface area contributed by atoms with Crippen LogP contribution in [-0.4, -0.2) is 10.9 Å². The fourth-order valence-electron chi connectivity index (χ4n) is 3.73. The number of hydrogen-bond acceptors (Lipinski definition) is 2.